The Morgan fingerprint density at radius 1 is 1.00 bits per heavy atom. The molecule has 0 bridgehead atoms. The second kappa shape index (κ2) is 11.7. The molecule has 1 saturated heterocycles. The summed E-state index contributed by atoms with van der Waals surface area (Å²) in [6, 6.07) is 13.7. The van der Waals surface area contributed by atoms with Crippen LogP contribution in [-0.4, -0.2) is 56.6 Å². The number of nitrogens with zero attached hydrogens (tertiary/aromatic N) is 1. The molecule has 0 aliphatic carbocycles. The molecule has 1 aliphatic rings. The third-order valence-electron chi connectivity index (χ3n) is 6.28. The SMILES string of the molecule is COc1ccc(C(=O)NC(C(=O)NCC2CCN(C(C)C)CC2)c2ccccc2OC)cc1. The lowest BCUT2D eigenvalue weighted by molar-refractivity contribution is -0.123. The molecule has 0 radical (unpaired) electrons. The maximum atomic E-state index is 13.3. The van der Waals surface area contributed by atoms with Crippen LogP contribution < -0.4 is 20.1 Å². The van der Waals surface area contributed by atoms with Gasteiger partial charge < -0.3 is 25.0 Å². The summed E-state index contributed by atoms with van der Waals surface area (Å²) in [5.41, 5.74) is 1.07. The number of para-hydroxylation sites is 1. The van der Waals surface area contributed by atoms with Gasteiger partial charge in [-0.05, 0) is 76.0 Å². The van der Waals surface area contributed by atoms with Gasteiger partial charge in [0.15, 0.2) is 0 Å². The van der Waals surface area contributed by atoms with Crippen molar-refractivity contribution < 1.29 is 19.1 Å². The first-order valence-electron chi connectivity index (χ1n) is 11.5. The molecule has 178 valence electrons. The molecule has 1 unspecified atom stereocenters. The highest BCUT2D eigenvalue weighted by Crippen LogP contribution is 2.26. The van der Waals surface area contributed by atoms with Crippen LogP contribution in [0.5, 0.6) is 11.5 Å². The molecule has 0 spiro atoms. The summed E-state index contributed by atoms with van der Waals surface area (Å²) in [5.74, 6) is 1.06. The quantitative estimate of drug-likeness (QED) is 0.608. The molecular weight excluding hydrogens is 418 g/mol. The van der Waals surface area contributed by atoms with Gasteiger partial charge in [0.05, 0.1) is 14.2 Å². The van der Waals surface area contributed by atoms with E-state index in [2.05, 4.69) is 29.4 Å². The molecule has 0 aromatic heterocycles. The number of methoxy groups -OCH3 is 2. The molecule has 1 atom stereocenters. The predicted molar refractivity (Wildman–Crippen MR) is 129 cm³/mol. The highest BCUT2D eigenvalue weighted by atomic mass is 16.5. The van der Waals surface area contributed by atoms with Crippen molar-refractivity contribution in [2.24, 2.45) is 5.92 Å². The average Bonchev–Trinajstić information content (AvgIpc) is 2.86. The van der Waals surface area contributed by atoms with E-state index >= 15 is 0 Å². The minimum absolute atomic E-state index is 0.243. The fourth-order valence-electron chi connectivity index (χ4n) is 4.17. The van der Waals surface area contributed by atoms with Crippen LogP contribution in [0.25, 0.3) is 0 Å². The van der Waals surface area contributed by atoms with Gasteiger partial charge in [-0.15, -0.1) is 0 Å². The normalized spacial score (nSPS) is 15.7. The fourth-order valence-corrected chi connectivity index (χ4v) is 4.17. The van der Waals surface area contributed by atoms with Gasteiger partial charge >= 0.3 is 0 Å². The molecule has 2 amide bonds. The fraction of sp³-hybridized carbons (Fsp3) is 0.462. The number of nitrogens with one attached hydrogen (secondary N) is 2. The Hall–Kier alpha value is -3.06. The van der Waals surface area contributed by atoms with E-state index in [0.717, 1.165) is 25.9 Å². The number of carbonyl (C=O) groups is 2. The number of benzene rings is 2. The molecule has 1 heterocycles. The smallest absolute Gasteiger partial charge is 0.252 e. The summed E-state index contributed by atoms with van der Waals surface area (Å²) >= 11 is 0. The zero-order valence-corrected chi connectivity index (χ0v) is 20.0. The van der Waals surface area contributed by atoms with Crippen molar-refractivity contribution in [3.63, 3.8) is 0 Å². The van der Waals surface area contributed by atoms with Gasteiger partial charge in [0.2, 0.25) is 5.91 Å². The van der Waals surface area contributed by atoms with Gasteiger partial charge in [0, 0.05) is 23.7 Å². The van der Waals surface area contributed by atoms with Gasteiger partial charge in [-0.1, -0.05) is 18.2 Å². The van der Waals surface area contributed by atoms with E-state index in [1.165, 1.54) is 0 Å². The lowest BCUT2D eigenvalue weighted by Crippen LogP contribution is -2.44. The summed E-state index contributed by atoms with van der Waals surface area (Å²) in [6.07, 6.45) is 2.10. The largest absolute Gasteiger partial charge is 0.497 e. The van der Waals surface area contributed by atoms with Crippen molar-refractivity contribution in [2.75, 3.05) is 33.9 Å². The molecule has 33 heavy (non-hydrogen) atoms. The van der Waals surface area contributed by atoms with Crippen molar-refractivity contribution in [3.8, 4) is 11.5 Å². The lowest BCUT2D eigenvalue weighted by atomic mass is 9.95. The van der Waals surface area contributed by atoms with Crippen LogP contribution in [0.1, 0.15) is 48.7 Å². The molecule has 1 aliphatic heterocycles. The summed E-state index contributed by atoms with van der Waals surface area (Å²) in [5, 5.41) is 5.96. The number of piperidine rings is 1. The number of hydrogen-bond donors (Lipinski definition) is 2. The molecule has 7 heteroatoms. The maximum Gasteiger partial charge on any atom is 0.252 e. The van der Waals surface area contributed by atoms with Crippen LogP contribution in [0.3, 0.4) is 0 Å². The Bertz CT molecular complexity index is 921. The van der Waals surface area contributed by atoms with Crippen LogP contribution >= 0.6 is 0 Å². The highest BCUT2D eigenvalue weighted by Gasteiger charge is 2.28. The van der Waals surface area contributed by atoms with Crippen LogP contribution in [0.2, 0.25) is 0 Å². The van der Waals surface area contributed by atoms with E-state index in [9.17, 15) is 9.59 Å². The Kier molecular flexibility index (Phi) is 8.72. The van der Waals surface area contributed by atoms with Crippen molar-refractivity contribution in [3.05, 3.63) is 59.7 Å². The van der Waals surface area contributed by atoms with Gasteiger partial charge in [-0.2, -0.15) is 0 Å². The number of ether oxygens (including phenoxy) is 2. The zero-order chi connectivity index (χ0) is 23.8. The molecular formula is C26H35N3O4. The first-order valence-corrected chi connectivity index (χ1v) is 11.5. The second-order valence-corrected chi connectivity index (χ2v) is 8.70. The summed E-state index contributed by atoms with van der Waals surface area (Å²) in [7, 11) is 3.13. The van der Waals surface area contributed by atoms with Crippen LogP contribution in [0, 0.1) is 5.92 Å². The number of hydrogen-bond acceptors (Lipinski definition) is 5. The molecule has 0 saturated carbocycles. The van der Waals surface area contributed by atoms with Gasteiger partial charge in [0.25, 0.3) is 5.91 Å². The Labute approximate surface area is 196 Å². The third kappa shape index (κ3) is 6.48. The molecule has 3 rings (SSSR count). The van der Waals surface area contributed by atoms with Crippen molar-refractivity contribution in [2.45, 2.75) is 38.8 Å². The van der Waals surface area contributed by atoms with E-state index in [1.54, 1.807) is 50.6 Å². The lowest BCUT2D eigenvalue weighted by Gasteiger charge is -2.34. The maximum absolute atomic E-state index is 13.3. The Morgan fingerprint density at radius 3 is 2.27 bits per heavy atom. The van der Waals surface area contributed by atoms with Crippen LogP contribution in [0.4, 0.5) is 0 Å². The minimum atomic E-state index is -0.869. The van der Waals surface area contributed by atoms with E-state index in [1.807, 2.05) is 12.1 Å². The number of carbonyl (C=O) groups excluding carboxylic acids is 2. The molecule has 2 N–H and O–H groups in total. The van der Waals surface area contributed by atoms with E-state index in [0.29, 0.717) is 41.1 Å². The zero-order valence-electron chi connectivity index (χ0n) is 20.0. The monoisotopic (exact) mass is 453 g/mol. The van der Waals surface area contributed by atoms with E-state index < -0.39 is 6.04 Å². The van der Waals surface area contributed by atoms with Crippen molar-refractivity contribution >= 4 is 11.8 Å². The summed E-state index contributed by atoms with van der Waals surface area (Å²) in [4.78, 5) is 28.7. The molecule has 2 aromatic rings. The highest BCUT2D eigenvalue weighted by molar-refractivity contribution is 5.98. The average molecular weight is 454 g/mol. The van der Waals surface area contributed by atoms with Gasteiger partial charge in [-0.3, -0.25) is 9.59 Å². The molecule has 7 nitrogen and oxygen atoms in total. The summed E-state index contributed by atoms with van der Waals surface area (Å²) < 4.78 is 10.6. The Balaban J connectivity index is 1.71. The topological polar surface area (TPSA) is 79.9 Å². The number of likely N-dealkylation sites (tertiary alicyclic amines) is 1. The predicted octanol–water partition coefficient (Wildman–Crippen LogP) is 3.41. The molecule has 1 fully saturated rings. The van der Waals surface area contributed by atoms with E-state index in [4.69, 9.17) is 9.47 Å². The third-order valence-corrected chi connectivity index (χ3v) is 6.28. The standard InChI is InChI=1S/C26H35N3O4/c1-18(2)29-15-13-19(14-16-29)17-27-26(31)24(22-7-5-6-8-23(22)33-4)28-25(30)20-9-11-21(32-3)12-10-20/h5-12,18-19,24H,13-17H2,1-4H3,(H,27,31)(H,28,30). The number of amides is 2. The van der Waals surface area contributed by atoms with Gasteiger partial charge in [0.1, 0.15) is 17.5 Å². The van der Waals surface area contributed by atoms with E-state index in [-0.39, 0.29) is 11.8 Å². The van der Waals surface area contributed by atoms with Crippen molar-refractivity contribution in [1.29, 1.82) is 0 Å². The minimum Gasteiger partial charge on any atom is -0.497 e. The second-order valence-electron chi connectivity index (χ2n) is 8.70. The summed E-state index contributed by atoms with van der Waals surface area (Å²) in [6.45, 7) is 7.11. The molecule has 2 aromatic carbocycles. The van der Waals surface area contributed by atoms with Crippen molar-refractivity contribution in [1.82, 2.24) is 15.5 Å². The first-order chi connectivity index (χ1) is 15.9. The Morgan fingerprint density at radius 2 is 1.67 bits per heavy atom. The van der Waals surface area contributed by atoms with Gasteiger partial charge in [-0.25, -0.2) is 0 Å². The number of rotatable bonds is 9. The van der Waals surface area contributed by atoms with Crippen LogP contribution in [0.15, 0.2) is 48.5 Å². The first kappa shape index (κ1) is 24.6. The van der Waals surface area contributed by atoms with Crippen LogP contribution in [-0.2, 0) is 4.79 Å².